The number of pyridine rings is 1. The van der Waals surface area contributed by atoms with Gasteiger partial charge in [-0.05, 0) is 18.1 Å². The van der Waals surface area contributed by atoms with Crippen LogP contribution >= 0.6 is 0 Å². The predicted octanol–water partition coefficient (Wildman–Crippen LogP) is 1.27. The number of aliphatic hydroxyl groups is 1. The molecule has 0 aliphatic heterocycles. The second-order valence-electron chi connectivity index (χ2n) is 5.10. The number of H-pyrrole nitrogens is 1. The Labute approximate surface area is 116 Å². The number of rotatable bonds is 4. The Balaban J connectivity index is 2.33. The summed E-state index contributed by atoms with van der Waals surface area (Å²) < 4.78 is 0. The van der Waals surface area contributed by atoms with Gasteiger partial charge in [0.1, 0.15) is 5.69 Å². The first-order chi connectivity index (χ1) is 9.52. The third-order valence-corrected chi connectivity index (χ3v) is 3.30. The molecule has 1 aromatic carbocycles. The molecule has 2 rings (SSSR count). The topological polar surface area (TPSA) is 82.2 Å². The number of aliphatic hydroxyl groups excluding tert-OH is 1. The van der Waals surface area contributed by atoms with Crippen LogP contribution in [0.5, 0.6) is 0 Å². The highest BCUT2D eigenvalue weighted by Gasteiger charge is 2.17. The molecule has 0 bridgehead atoms. The van der Waals surface area contributed by atoms with Crippen LogP contribution in [0, 0.1) is 5.92 Å². The highest BCUT2D eigenvalue weighted by Crippen LogP contribution is 2.08. The Morgan fingerprint density at radius 3 is 2.70 bits per heavy atom. The molecule has 0 spiro atoms. The van der Waals surface area contributed by atoms with E-state index in [1.54, 1.807) is 24.3 Å². The smallest absolute Gasteiger partial charge is 0.268 e. The Morgan fingerprint density at radius 2 is 2.05 bits per heavy atom. The molecule has 3 N–H and O–H groups in total. The Bertz CT molecular complexity index is 676. The van der Waals surface area contributed by atoms with Crippen LogP contribution in [0.1, 0.15) is 24.3 Å². The highest BCUT2D eigenvalue weighted by molar-refractivity contribution is 5.95. The number of nitrogens with one attached hydrogen (secondary N) is 2. The summed E-state index contributed by atoms with van der Waals surface area (Å²) in [5.41, 5.74) is 0.623. The van der Waals surface area contributed by atoms with Crippen molar-refractivity contribution < 1.29 is 9.90 Å². The molecule has 0 fully saturated rings. The van der Waals surface area contributed by atoms with Crippen LogP contribution < -0.4 is 10.7 Å². The third-order valence-electron chi connectivity index (χ3n) is 3.30. The van der Waals surface area contributed by atoms with Crippen molar-refractivity contribution >= 4 is 16.8 Å². The average Bonchev–Trinajstić information content (AvgIpc) is 2.44. The zero-order chi connectivity index (χ0) is 14.7. The van der Waals surface area contributed by atoms with Gasteiger partial charge >= 0.3 is 0 Å². The normalized spacial score (nSPS) is 12.6. The number of hydrogen-bond donors (Lipinski definition) is 3. The van der Waals surface area contributed by atoms with E-state index < -0.39 is 0 Å². The van der Waals surface area contributed by atoms with Gasteiger partial charge in [-0.25, -0.2) is 0 Å². The first-order valence-corrected chi connectivity index (χ1v) is 6.56. The number of aromatic nitrogens is 1. The molecule has 1 heterocycles. The maximum Gasteiger partial charge on any atom is 0.268 e. The quantitative estimate of drug-likeness (QED) is 0.785. The first-order valence-electron chi connectivity index (χ1n) is 6.56. The van der Waals surface area contributed by atoms with Crippen molar-refractivity contribution in [3.63, 3.8) is 0 Å². The molecule has 1 unspecified atom stereocenters. The molecular formula is C15H18N2O3. The zero-order valence-corrected chi connectivity index (χ0v) is 11.5. The van der Waals surface area contributed by atoms with Gasteiger partial charge < -0.3 is 15.4 Å². The fraction of sp³-hybridized carbons (Fsp3) is 0.333. The van der Waals surface area contributed by atoms with Crippen LogP contribution in [-0.4, -0.2) is 28.6 Å². The molecular weight excluding hydrogens is 256 g/mol. The van der Waals surface area contributed by atoms with Crippen LogP contribution in [0.4, 0.5) is 0 Å². The lowest BCUT2D eigenvalue weighted by Gasteiger charge is -2.19. The van der Waals surface area contributed by atoms with Gasteiger partial charge in [-0.15, -0.1) is 0 Å². The van der Waals surface area contributed by atoms with E-state index in [1.807, 2.05) is 13.8 Å². The Kier molecular flexibility index (Phi) is 4.20. The summed E-state index contributed by atoms with van der Waals surface area (Å²) in [6, 6.07) is 7.98. The standard InChI is InChI=1S/C15H18N2O3/c1-9(2)13(8-18)17-15(20)12-7-14(19)10-5-3-4-6-11(10)16-12/h3-7,9,13,18H,8H2,1-2H3,(H,16,19)(H,17,20). The van der Waals surface area contributed by atoms with E-state index in [9.17, 15) is 14.7 Å². The maximum absolute atomic E-state index is 12.1. The number of hydrogen-bond acceptors (Lipinski definition) is 3. The molecule has 2 aromatic rings. The molecule has 106 valence electrons. The van der Waals surface area contributed by atoms with Crippen molar-refractivity contribution in [1.29, 1.82) is 0 Å². The molecule has 0 radical (unpaired) electrons. The van der Waals surface area contributed by atoms with Gasteiger partial charge in [0.05, 0.1) is 12.6 Å². The van der Waals surface area contributed by atoms with Gasteiger partial charge in [0.25, 0.3) is 5.91 Å². The van der Waals surface area contributed by atoms with Crippen molar-refractivity contribution in [2.75, 3.05) is 6.61 Å². The molecule has 5 nitrogen and oxygen atoms in total. The Hall–Kier alpha value is -2.14. The Morgan fingerprint density at radius 1 is 1.35 bits per heavy atom. The third kappa shape index (κ3) is 2.88. The van der Waals surface area contributed by atoms with E-state index in [0.29, 0.717) is 10.9 Å². The lowest BCUT2D eigenvalue weighted by atomic mass is 10.1. The fourth-order valence-corrected chi connectivity index (χ4v) is 1.99. The van der Waals surface area contributed by atoms with E-state index in [4.69, 9.17) is 0 Å². The fourth-order valence-electron chi connectivity index (χ4n) is 1.99. The second kappa shape index (κ2) is 5.88. The number of benzene rings is 1. The molecule has 5 heteroatoms. The summed E-state index contributed by atoms with van der Waals surface area (Å²) in [6.45, 7) is 3.68. The van der Waals surface area contributed by atoms with Crippen LogP contribution in [0.3, 0.4) is 0 Å². The van der Waals surface area contributed by atoms with Crippen molar-refractivity contribution in [2.45, 2.75) is 19.9 Å². The minimum absolute atomic E-state index is 0.108. The maximum atomic E-state index is 12.1. The van der Waals surface area contributed by atoms with Gasteiger partial charge in [-0.1, -0.05) is 26.0 Å². The van der Waals surface area contributed by atoms with Crippen molar-refractivity contribution in [3.05, 3.63) is 46.2 Å². The SMILES string of the molecule is CC(C)C(CO)NC(=O)c1cc(=O)c2ccccc2[nH]1. The van der Waals surface area contributed by atoms with Crippen molar-refractivity contribution in [3.8, 4) is 0 Å². The minimum Gasteiger partial charge on any atom is -0.394 e. The molecule has 1 aromatic heterocycles. The number of aromatic amines is 1. The number of carbonyl (C=O) groups is 1. The first kappa shape index (κ1) is 14.3. The monoisotopic (exact) mass is 274 g/mol. The summed E-state index contributed by atoms with van der Waals surface area (Å²) >= 11 is 0. The summed E-state index contributed by atoms with van der Waals surface area (Å²) in [6.07, 6.45) is 0. The van der Waals surface area contributed by atoms with Crippen molar-refractivity contribution in [1.82, 2.24) is 10.3 Å². The lowest BCUT2D eigenvalue weighted by Crippen LogP contribution is -2.41. The highest BCUT2D eigenvalue weighted by atomic mass is 16.3. The molecule has 0 aliphatic carbocycles. The summed E-state index contributed by atoms with van der Waals surface area (Å²) in [5.74, 6) is -0.281. The number of carbonyl (C=O) groups excluding carboxylic acids is 1. The largest absolute Gasteiger partial charge is 0.394 e. The minimum atomic E-state index is -0.388. The molecule has 20 heavy (non-hydrogen) atoms. The van der Waals surface area contributed by atoms with Crippen LogP contribution in [0.2, 0.25) is 0 Å². The average molecular weight is 274 g/mol. The molecule has 1 atom stereocenters. The van der Waals surface area contributed by atoms with Gasteiger partial charge in [0.2, 0.25) is 0 Å². The van der Waals surface area contributed by atoms with Gasteiger partial charge in [-0.3, -0.25) is 9.59 Å². The molecule has 1 amide bonds. The van der Waals surface area contributed by atoms with Gasteiger partial charge in [0.15, 0.2) is 5.43 Å². The van der Waals surface area contributed by atoms with E-state index in [-0.39, 0.29) is 35.6 Å². The second-order valence-corrected chi connectivity index (χ2v) is 5.10. The predicted molar refractivity (Wildman–Crippen MR) is 77.7 cm³/mol. The summed E-state index contributed by atoms with van der Waals surface area (Å²) in [5, 5.41) is 12.5. The molecule has 0 saturated carbocycles. The van der Waals surface area contributed by atoms with E-state index in [1.165, 1.54) is 6.07 Å². The molecule has 0 saturated heterocycles. The zero-order valence-electron chi connectivity index (χ0n) is 11.5. The number of amides is 1. The summed E-state index contributed by atoms with van der Waals surface area (Å²) in [4.78, 5) is 27.0. The van der Waals surface area contributed by atoms with Gasteiger partial charge in [0, 0.05) is 17.0 Å². The summed E-state index contributed by atoms with van der Waals surface area (Å²) in [7, 11) is 0. The van der Waals surface area contributed by atoms with Crippen LogP contribution in [0.15, 0.2) is 35.1 Å². The van der Waals surface area contributed by atoms with E-state index in [2.05, 4.69) is 10.3 Å². The van der Waals surface area contributed by atoms with E-state index in [0.717, 1.165) is 0 Å². The van der Waals surface area contributed by atoms with Crippen LogP contribution in [0.25, 0.3) is 10.9 Å². The lowest BCUT2D eigenvalue weighted by molar-refractivity contribution is 0.0892. The number of para-hydroxylation sites is 1. The number of fused-ring (bicyclic) bond motifs is 1. The van der Waals surface area contributed by atoms with E-state index >= 15 is 0 Å². The molecule has 0 aliphatic rings. The van der Waals surface area contributed by atoms with Crippen molar-refractivity contribution in [2.24, 2.45) is 5.92 Å². The van der Waals surface area contributed by atoms with Crippen LogP contribution in [-0.2, 0) is 0 Å². The van der Waals surface area contributed by atoms with Gasteiger partial charge in [-0.2, -0.15) is 0 Å².